The van der Waals surface area contributed by atoms with Crippen LogP contribution in [-0.4, -0.2) is 10.2 Å². The number of aromatic hydroxyl groups is 1. The molecule has 0 aliphatic heterocycles. The zero-order valence-electron chi connectivity index (χ0n) is 9.65. The summed E-state index contributed by atoms with van der Waals surface area (Å²) < 4.78 is 0. The average molecular weight is 246 g/mol. The molecule has 1 aliphatic carbocycles. The number of phenolic OH excluding ortho intramolecular Hbond substituents is 1. The SMILES string of the molecule is NC(O)(c1ccc(O)cc1)C1C=CC(N=O)=CC1. The van der Waals surface area contributed by atoms with Crippen LogP contribution in [0, 0.1) is 10.8 Å². The number of nitrogens with two attached hydrogens (primary N) is 1. The Kier molecular flexibility index (Phi) is 3.27. The molecule has 1 aromatic rings. The van der Waals surface area contributed by atoms with Crippen LogP contribution in [-0.2, 0) is 5.72 Å². The molecule has 0 fully saturated rings. The van der Waals surface area contributed by atoms with Crippen molar-refractivity contribution in [2.45, 2.75) is 12.1 Å². The van der Waals surface area contributed by atoms with Gasteiger partial charge in [-0.05, 0) is 35.4 Å². The summed E-state index contributed by atoms with van der Waals surface area (Å²) >= 11 is 0. The molecule has 0 saturated carbocycles. The number of hydrogen-bond acceptors (Lipinski definition) is 5. The van der Waals surface area contributed by atoms with E-state index in [2.05, 4.69) is 5.18 Å². The normalized spacial score (nSPS) is 22.1. The molecule has 0 radical (unpaired) electrons. The Morgan fingerprint density at radius 3 is 2.50 bits per heavy atom. The first kappa shape index (κ1) is 12.5. The van der Waals surface area contributed by atoms with Crippen molar-refractivity contribution in [3.63, 3.8) is 0 Å². The lowest BCUT2D eigenvalue weighted by Crippen LogP contribution is -2.43. The first-order chi connectivity index (χ1) is 8.54. The van der Waals surface area contributed by atoms with Crippen LogP contribution < -0.4 is 5.73 Å². The van der Waals surface area contributed by atoms with Crippen molar-refractivity contribution >= 4 is 0 Å². The van der Waals surface area contributed by atoms with Gasteiger partial charge >= 0.3 is 0 Å². The Bertz CT molecular complexity index is 503. The van der Waals surface area contributed by atoms with Crippen LogP contribution >= 0.6 is 0 Å². The molecule has 94 valence electrons. The quantitative estimate of drug-likeness (QED) is 0.559. The van der Waals surface area contributed by atoms with Gasteiger partial charge in [-0.2, -0.15) is 0 Å². The number of phenols is 1. The van der Waals surface area contributed by atoms with Gasteiger partial charge in [0.2, 0.25) is 0 Å². The van der Waals surface area contributed by atoms with Gasteiger partial charge in [0.05, 0.1) is 0 Å². The molecule has 5 nitrogen and oxygen atoms in total. The molecule has 18 heavy (non-hydrogen) atoms. The second kappa shape index (κ2) is 4.72. The molecule has 1 aromatic carbocycles. The van der Waals surface area contributed by atoms with E-state index < -0.39 is 5.72 Å². The molecule has 0 aromatic heterocycles. The van der Waals surface area contributed by atoms with Crippen molar-refractivity contribution in [3.8, 4) is 5.75 Å². The van der Waals surface area contributed by atoms with Crippen LogP contribution in [0.15, 0.2) is 53.4 Å². The molecular weight excluding hydrogens is 232 g/mol. The number of hydrogen-bond donors (Lipinski definition) is 3. The van der Waals surface area contributed by atoms with Crippen molar-refractivity contribution < 1.29 is 10.2 Å². The summed E-state index contributed by atoms with van der Waals surface area (Å²) in [6.45, 7) is 0. The first-order valence-corrected chi connectivity index (χ1v) is 5.56. The molecule has 0 bridgehead atoms. The van der Waals surface area contributed by atoms with Gasteiger partial charge in [0, 0.05) is 5.92 Å². The summed E-state index contributed by atoms with van der Waals surface area (Å²) in [6, 6.07) is 6.07. The average Bonchev–Trinajstić information content (AvgIpc) is 2.39. The molecule has 2 unspecified atom stereocenters. The predicted octanol–water partition coefficient (Wildman–Crippen LogP) is 1.72. The minimum atomic E-state index is -1.55. The number of rotatable bonds is 3. The highest BCUT2D eigenvalue weighted by molar-refractivity contribution is 5.32. The lowest BCUT2D eigenvalue weighted by atomic mass is 9.84. The van der Waals surface area contributed by atoms with Gasteiger partial charge in [-0.25, -0.2) is 0 Å². The van der Waals surface area contributed by atoms with Gasteiger partial charge in [0.25, 0.3) is 0 Å². The smallest absolute Gasteiger partial charge is 0.146 e. The van der Waals surface area contributed by atoms with Crippen LogP contribution in [0.4, 0.5) is 0 Å². The lowest BCUT2D eigenvalue weighted by Gasteiger charge is -2.31. The molecule has 0 saturated heterocycles. The molecule has 5 heteroatoms. The Labute approximate surface area is 104 Å². The molecule has 2 atom stereocenters. The number of benzene rings is 1. The summed E-state index contributed by atoms with van der Waals surface area (Å²) in [7, 11) is 0. The summed E-state index contributed by atoms with van der Waals surface area (Å²) in [5.41, 5.74) is 5.23. The molecule has 4 N–H and O–H groups in total. The van der Waals surface area contributed by atoms with Gasteiger partial charge in [-0.15, -0.1) is 4.91 Å². The number of nitrogens with zero attached hydrogens (tertiary/aromatic N) is 1. The molecule has 1 aliphatic rings. The largest absolute Gasteiger partial charge is 0.508 e. The zero-order valence-corrected chi connectivity index (χ0v) is 9.65. The molecular formula is C13H14N2O3. The van der Waals surface area contributed by atoms with Crippen LogP contribution in [0.3, 0.4) is 0 Å². The monoisotopic (exact) mass is 246 g/mol. The fraction of sp³-hybridized carbons (Fsp3) is 0.231. The van der Waals surface area contributed by atoms with Gasteiger partial charge in [0.1, 0.15) is 17.2 Å². The maximum Gasteiger partial charge on any atom is 0.146 e. The predicted molar refractivity (Wildman–Crippen MR) is 67.3 cm³/mol. The summed E-state index contributed by atoms with van der Waals surface area (Å²) in [6.07, 6.45) is 5.28. The number of aliphatic hydroxyl groups is 1. The second-order valence-electron chi connectivity index (χ2n) is 4.29. The highest BCUT2D eigenvalue weighted by Crippen LogP contribution is 2.32. The van der Waals surface area contributed by atoms with Crippen LogP contribution in [0.2, 0.25) is 0 Å². The Morgan fingerprint density at radius 2 is 2.00 bits per heavy atom. The van der Waals surface area contributed by atoms with Crippen molar-refractivity contribution in [2.24, 2.45) is 16.8 Å². The van der Waals surface area contributed by atoms with Gasteiger partial charge in [0.15, 0.2) is 0 Å². The summed E-state index contributed by atoms with van der Waals surface area (Å²) in [5, 5.41) is 22.4. The van der Waals surface area contributed by atoms with E-state index in [1.165, 1.54) is 12.1 Å². The minimum absolute atomic E-state index is 0.112. The minimum Gasteiger partial charge on any atom is -0.508 e. The van der Waals surface area contributed by atoms with Crippen molar-refractivity contribution in [3.05, 3.63) is 58.7 Å². The molecule has 2 rings (SSSR count). The highest BCUT2D eigenvalue weighted by Gasteiger charge is 2.33. The maximum atomic E-state index is 10.4. The maximum absolute atomic E-state index is 10.4. The van der Waals surface area contributed by atoms with Crippen LogP contribution in [0.1, 0.15) is 12.0 Å². The Morgan fingerprint density at radius 1 is 1.33 bits per heavy atom. The van der Waals surface area contributed by atoms with E-state index in [0.717, 1.165) is 0 Å². The van der Waals surface area contributed by atoms with Crippen LogP contribution in [0.5, 0.6) is 5.75 Å². The van der Waals surface area contributed by atoms with E-state index in [4.69, 9.17) is 5.73 Å². The molecule has 0 spiro atoms. The topological polar surface area (TPSA) is 95.9 Å². The third-order valence-electron chi connectivity index (χ3n) is 3.08. The van der Waals surface area contributed by atoms with Crippen molar-refractivity contribution in [1.29, 1.82) is 0 Å². The second-order valence-corrected chi connectivity index (χ2v) is 4.29. The lowest BCUT2D eigenvalue weighted by molar-refractivity contribution is 0.000913. The van der Waals surface area contributed by atoms with E-state index in [1.54, 1.807) is 30.4 Å². The third-order valence-corrected chi connectivity index (χ3v) is 3.08. The Balaban J connectivity index is 2.22. The van der Waals surface area contributed by atoms with Crippen molar-refractivity contribution in [2.75, 3.05) is 0 Å². The first-order valence-electron chi connectivity index (χ1n) is 5.56. The van der Waals surface area contributed by atoms with Gasteiger partial charge < -0.3 is 10.2 Å². The number of allylic oxidation sites excluding steroid dienone is 2. The van der Waals surface area contributed by atoms with Crippen LogP contribution in [0.25, 0.3) is 0 Å². The van der Waals surface area contributed by atoms with Crippen molar-refractivity contribution in [1.82, 2.24) is 0 Å². The van der Waals surface area contributed by atoms with E-state index in [-0.39, 0.29) is 11.7 Å². The summed E-state index contributed by atoms with van der Waals surface area (Å²) in [4.78, 5) is 10.3. The standard InChI is InChI=1S/C13H14N2O3/c14-13(17,10-3-7-12(16)8-4-10)9-1-5-11(15-18)6-2-9/h1,3-9,16-17H,2,14H2. The van der Waals surface area contributed by atoms with E-state index in [1.807, 2.05) is 0 Å². The van der Waals surface area contributed by atoms with Gasteiger partial charge in [-0.3, -0.25) is 5.73 Å². The summed E-state index contributed by atoms with van der Waals surface area (Å²) in [5.74, 6) is -0.228. The van der Waals surface area contributed by atoms with E-state index in [9.17, 15) is 15.1 Å². The van der Waals surface area contributed by atoms with E-state index >= 15 is 0 Å². The molecule has 0 heterocycles. The highest BCUT2D eigenvalue weighted by atomic mass is 16.3. The Hall–Kier alpha value is -1.98. The number of nitroso groups, excluding NO2 is 1. The third kappa shape index (κ3) is 2.32. The van der Waals surface area contributed by atoms with Gasteiger partial charge in [-0.1, -0.05) is 24.3 Å². The molecule has 0 amide bonds. The van der Waals surface area contributed by atoms with E-state index in [0.29, 0.717) is 17.7 Å². The fourth-order valence-corrected chi connectivity index (χ4v) is 1.95. The zero-order chi connectivity index (χ0) is 13.2. The fourth-order valence-electron chi connectivity index (χ4n) is 1.95.